The van der Waals surface area contributed by atoms with Crippen molar-refractivity contribution in [1.82, 2.24) is 0 Å². The highest BCUT2D eigenvalue weighted by Crippen LogP contribution is 2.31. The minimum atomic E-state index is 0.588. The zero-order valence-corrected chi connectivity index (χ0v) is 11.9. The monoisotopic (exact) mass is 266 g/mol. The highest BCUT2D eigenvalue weighted by atomic mass is 35.5. The molecule has 0 amide bonds. The quantitative estimate of drug-likeness (QED) is 0.906. The van der Waals surface area contributed by atoms with Gasteiger partial charge in [-0.05, 0) is 50.4 Å². The molecule has 3 heteroatoms. The Morgan fingerprint density at radius 2 is 2.17 bits per heavy atom. The van der Waals surface area contributed by atoms with Crippen LogP contribution in [-0.4, -0.2) is 19.1 Å². The van der Waals surface area contributed by atoms with Gasteiger partial charge in [-0.15, -0.1) is 0 Å². The summed E-state index contributed by atoms with van der Waals surface area (Å²) in [7, 11) is 0. The van der Waals surface area contributed by atoms with Crippen LogP contribution in [0.2, 0.25) is 5.02 Å². The van der Waals surface area contributed by atoms with E-state index in [0.29, 0.717) is 12.6 Å². The van der Waals surface area contributed by atoms with Gasteiger partial charge in [0.1, 0.15) is 0 Å². The third kappa shape index (κ3) is 3.18. The Balaban J connectivity index is 2.20. The third-order valence-corrected chi connectivity index (χ3v) is 4.11. The van der Waals surface area contributed by atoms with Crippen molar-refractivity contribution in [3.63, 3.8) is 0 Å². The molecule has 100 valence electrons. The van der Waals surface area contributed by atoms with Crippen molar-refractivity contribution in [2.45, 2.75) is 45.1 Å². The molecule has 1 aliphatic heterocycles. The molecule has 1 aliphatic rings. The first kappa shape index (κ1) is 13.7. The number of hydrogen-bond acceptors (Lipinski definition) is 2. The second-order valence-corrected chi connectivity index (χ2v) is 5.62. The van der Waals surface area contributed by atoms with Crippen LogP contribution in [0.25, 0.3) is 0 Å². The van der Waals surface area contributed by atoms with E-state index in [9.17, 15) is 0 Å². The average molecular weight is 267 g/mol. The summed E-state index contributed by atoms with van der Waals surface area (Å²) in [5.41, 5.74) is 8.00. The van der Waals surface area contributed by atoms with Gasteiger partial charge in [-0.2, -0.15) is 0 Å². The maximum atomic E-state index is 6.43. The molecule has 1 aromatic rings. The number of nitrogens with two attached hydrogens (primary N) is 1. The van der Waals surface area contributed by atoms with Gasteiger partial charge >= 0.3 is 0 Å². The average Bonchev–Trinajstić information content (AvgIpc) is 2.55. The fourth-order valence-electron chi connectivity index (χ4n) is 2.74. The van der Waals surface area contributed by atoms with Gasteiger partial charge in [0.15, 0.2) is 0 Å². The summed E-state index contributed by atoms with van der Waals surface area (Å²) < 4.78 is 0. The van der Waals surface area contributed by atoms with Gasteiger partial charge in [-0.25, -0.2) is 0 Å². The summed E-state index contributed by atoms with van der Waals surface area (Å²) in [4.78, 5) is 2.46. The van der Waals surface area contributed by atoms with Gasteiger partial charge in [0.2, 0.25) is 0 Å². The van der Waals surface area contributed by atoms with Crippen molar-refractivity contribution in [2.75, 3.05) is 18.0 Å². The molecule has 1 saturated heterocycles. The van der Waals surface area contributed by atoms with Crippen molar-refractivity contribution < 1.29 is 0 Å². The van der Waals surface area contributed by atoms with E-state index in [1.54, 1.807) is 0 Å². The second-order valence-electron chi connectivity index (χ2n) is 5.22. The molecule has 2 rings (SSSR count). The van der Waals surface area contributed by atoms with Gasteiger partial charge in [0.25, 0.3) is 0 Å². The third-order valence-electron chi connectivity index (χ3n) is 3.81. The summed E-state index contributed by atoms with van der Waals surface area (Å²) in [6, 6.07) is 6.98. The minimum Gasteiger partial charge on any atom is -0.368 e. The first-order valence-corrected chi connectivity index (χ1v) is 7.35. The molecule has 1 atom stereocenters. The number of anilines is 1. The largest absolute Gasteiger partial charge is 0.368 e. The molecule has 18 heavy (non-hydrogen) atoms. The topological polar surface area (TPSA) is 29.3 Å². The van der Waals surface area contributed by atoms with E-state index in [2.05, 4.69) is 30.0 Å². The molecule has 0 aromatic heterocycles. The predicted molar refractivity (Wildman–Crippen MR) is 79.5 cm³/mol. The van der Waals surface area contributed by atoms with E-state index in [4.69, 9.17) is 17.3 Å². The fourth-order valence-corrected chi connectivity index (χ4v) is 3.05. The molecule has 1 aromatic carbocycles. The molecule has 0 spiro atoms. The maximum absolute atomic E-state index is 6.43. The van der Waals surface area contributed by atoms with Crippen LogP contribution in [0.5, 0.6) is 0 Å². The lowest BCUT2D eigenvalue weighted by Crippen LogP contribution is -2.32. The first-order valence-electron chi connectivity index (χ1n) is 6.97. The van der Waals surface area contributed by atoms with Crippen LogP contribution < -0.4 is 10.6 Å². The van der Waals surface area contributed by atoms with Crippen LogP contribution in [0.15, 0.2) is 18.2 Å². The zero-order valence-electron chi connectivity index (χ0n) is 11.2. The van der Waals surface area contributed by atoms with E-state index in [0.717, 1.165) is 18.0 Å². The Bertz CT molecular complexity index is 392. The van der Waals surface area contributed by atoms with E-state index >= 15 is 0 Å². The lowest BCUT2D eigenvalue weighted by Gasteiger charge is -2.30. The SMILES string of the molecule is CC1CCCCCN1c1ccc(CCN)cc1Cl. The summed E-state index contributed by atoms with van der Waals surface area (Å²) in [5.74, 6) is 0. The van der Waals surface area contributed by atoms with Crippen LogP contribution in [0.4, 0.5) is 5.69 Å². The predicted octanol–water partition coefficient (Wildman–Crippen LogP) is 3.61. The lowest BCUT2D eigenvalue weighted by molar-refractivity contribution is 0.616. The van der Waals surface area contributed by atoms with Gasteiger partial charge < -0.3 is 10.6 Å². The van der Waals surface area contributed by atoms with E-state index in [1.165, 1.54) is 36.9 Å². The normalized spacial score (nSPS) is 20.8. The highest BCUT2D eigenvalue weighted by Gasteiger charge is 2.19. The van der Waals surface area contributed by atoms with E-state index in [1.807, 2.05) is 0 Å². The molecule has 0 aliphatic carbocycles. The van der Waals surface area contributed by atoms with Crippen LogP contribution >= 0.6 is 11.6 Å². The maximum Gasteiger partial charge on any atom is 0.0642 e. The molecule has 0 saturated carbocycles. The molecule has 1 unspecified atom stereocenters. The van der Waals surface area contributed by atoms with Crippen molar-refractivity contribution in [2.24, 2.45) is 5.73 Å². The standard InChI is InChI=1S/C15H23ClN2/c1-12-5-3-2-4-10-18(12)15-7-6-13(8-9-17)11-14(15)16/h6-7,11-12H,2-5,8-10,17H2,1H3. The van der Waals surface area contributed by atoms with Crippen molar-refractivity contribution in [3.8, 4) is 0 Å². The van der Waals surface area contributed by atoms with Crippen molar-refractivity contribution in [1.29, 1.82) is 0 Å². The Morgan fingerprint density at radius 3 is 2.89 bits per heavy atom. The van der Waals surface area contributed by atoms with Crippen molar-refractivity contribution in [3.05, 3.63) is 28.8 Å². The molecule has 2 nitrogen and oxygen atoms in total. The molecular formula is C15H23ClN2. The van der Waals surface area contributed by atoms with Crippen molar-refractivity contribution >= 4 is 17.3 Å². The molecular weight excluding hydrogens is 244 g/mol. The van der Waals surface area contributed by atoms with Crippen LogP contribution in [0.3, 0.4) is 0 Å². The van der Waals surface area contributed by atoms with Gasteiger partial charge in [-0.3, -0.25) is 0 Å². The summed E-state index contributed by atoms with van der Waals surface area (Å²) in [6.07, 6.45) is 6.10. The smallest absolute Gasteiger partial charge is 0.0642 e. The number of nitrogens with zero attached hydrogens (tertiary/aromatic N) is 1. The number of rotatable bonds is 3. The van der Waals surface area contributed by atoms with E-state index < -0.39 is 0 Å². The van der Waals surface area contributed by atoms with Crippen LogP contribution in [-0.2, 0) is 6.42 Å². The Labute approximate surface area is 115 Å². The Morgan fingerprint density at radius 1 is 1.33 bits per heavy atom. The number of halogens is 1. The lowest BCUT2D eigenvalue weighted by atomic mass is 10.1. The number of benzene rings is 1. The van der Waals surface area contributed by atoms with Gasteiger partial charge in [0, 0.05) is 12.6 Å². The summed E-state index contributed by atoms with van der Waals surface area (Å²) in [6.45, 7) is 4.10. The Hall–Kier alpha value is -0.730. The van der Waals surface area contributed by atoms with Gasteiger partial charge in [-0.1, -0.05) is 30.5 Å². The molecule has 0 bridgehead atoms. The summed E-state index contributed by atoms with van der Waals surface area (Å²) in [5, 5.41) is 0.870. The van der Waals surface area contributed by atoms with E-state index in [-0.39, 0.29) is 0 Å². The molecule has 2 N–H and O–H groups in total. The summed E-state index contributed by atoms with van der Waals surface area (Å²) >= 11 is 6.43. The molecule has 1 heterocycles. The van der Waals surface area contributed by atoms with Crippen LogP contribution in [0, 0.1) is 0 Å². The number of hydrogen-bond donors (Lipinski definition) is 1. The van der Waals surface area contributed by atoms with Gasteiger partial charge in [0.05, 0.1) is 10.7 Å². The van der Waals surface area contributed by atoms with Crippen LogP contribution in [0.1, 0.15) is 38.2 Å². The first-order chi connectivity index (χ1) is 8.72. The molecule has 0 radical (unpaired) electrons. The Kier molecular flexibility index (Phi) is 4.90. The highest BCUT2D eigenvalue weighted by molar-refractivity contribution is 6.33. The molecule has 1 fully saturated rings. The zero-order chi connectivity index (χ0) is 13.0. The fraction of sp³-hybridized carbons (Fsp3) is 0.600. The second kappa shape index (κ2) is 6.44. The minimum absolute atomic E-state index is 0.588.